The van der Waals surface area contributed by atoms with Crippen LogP contribution in [0.1, 0.15) is 0 Å². The lowest BCUT2D eigenvalue weighted by molar-refractivity contribution is -0.114. The number of nitrogens with one attached hydrogen (secondary N) is 1. The molecule has 3 aromatic rings. The molecule has 1 amide bonds. The van der Waals surface area contributed by atoms with Gasteiger partial charge in [-0.3, -0.25) is 10.1 Å². The van der Waals surface area contributed by atoms with E-state index in [0.717, 1.165) is 0 Å². The number of methoxy groups -OCH3 is 3. The van der Waals surface area contributed by atoms with E-state index in [4.69, 9.17) is 30.2 Å². The van der Waals surface area contributed by atoms with E-state index >= 15 is 0 Å². The number of benzene rings is 2. The molecular weight excluding hydrogens is 450 g/mol. The zero-order valence-corrected chi connectivity index (χ0v) is 18.3. The monoisotopic (exact) mass is 467 g/mol. The number of hydrogen-bond donors (Lipinski definition) is 1. The van der Waals surface area contributed by atoms with Crippen LogP contribution in [0, 0.1) is 0 Å². The first-order valence-corrected chi connectivity index (χ1v) is 10.7. The zero-order chi connectivity index (χ0) is 22.6. The van der Waals surface area contributed by atoms with Gasteiger partial charge in [0.15, 0.2) is 21.3 Å². The SMILES string of the molecule is COc1cc(-c2nnc(NC(=O)CS(=O)(=O)c3ccc(Cl)cc3)o2)cc(OC)c1OC. The molecule has 10 nitrogen and oxygen atoms in total. The molecule has 164 valence electrons. The maximum atomic E-state index is 12.4. The summed E-state index contributed by atoms with van der Waals surface area (Å²) in [5, 5.41) is 10.2. The van der Waals surface area contributed by atoms with Crippen molar-refractivity contribution in [1.82, 2.24) is 10.2 Å². The molecule has 0 aliphatic carbocycles. The van der Waals surface area contributed by atoms with Crippen LogP contribution in [0.5, 0.6) is 17.2 Å². The van der Waals surface area contributed by atoms with Crippen LogP contribution < -0.4 is 19.5 Å². The van der Waals surface area contributed by atoms with E-state index < -0.39 is 21.5 Å². The minimum Gasteiger partial charge on any atom is -0.493 e. The average Bonchev–Trinajstić information content (AvgIpc) is 3.20. The van der Waals surface area contributed by atoms with Crippen molar-refractivity contribution in [1.29, 1.82) is 0 Å². The Kier molecular flexibility index (Phi) is 6.66. The number of aromatic nitrogens is 2. The number of anilines is 1. The Balaban J connectivity index is 1.77. The van der Waals surface area contributed by atoms with Crippen LogP contribution in [-0.4, -0.2) is 51.6 Å². The third kappa shape index (κ3) is 5.06. The Morgan fingerprint density at radius 3 is 2.19 bits per heavy atom. The van der Waals surface area contributed by atoms with Crippen molar-refractivity contribution < 1.29 is 31.8 Å². The fourth-order valence-corrected chi connectivity index (χ4v) is 3.91. The Labute approximate surface area is 183 Å². The van der Waals surface area contributed by atoms with Crippen LogP contribution >= 0.6 is 11.6 Å². The van der Waals surface area contributed by atoms with E-state index in [1.807, 2.05) is 0 Å². The van der Waals surface area contributed by atoms with Crippen LogP contribution in [0.15, 0.2) is 45.7 Å². The molecule has 0 unspecified atom stereocenters. The maximum absolute atomic E-state index is 12.4. The molecule has 0 saturated carbocycles. The van der Waals surface area contributed by atoms with Crippen molar-refractivity contribution >= 4 is 33.4 Å². The summed E-state index contributed by atoms with van der Waals surface area (Å²) in [6.45, 7) is 0. The first-order valence-electron chi connectivity index (χ1n) is 8.69. The van der Waals surface area contributed by atoms with Gasteiger partial charge in [0.25, 0.3) is 0 Å². The lowest BCUT2D eigenvalue weighted by Gasteiger charge is -2.12. The highest BCUT2D eigenvalue weighted by Crippen LogP contribution is 2.41. The van der Waals surface area contributed by atoms with Gasteiger partial charge in [-0.2, -0.15) is 0 Å². The van der Waals surface area contributed by atoms with Crippen molar-refractivity contribution in [3.8, 4) is 28.7 Å². The van der Waals surface area contributed by atoms with Crippen molar-refractivity contribution in [2.75, 3.05) is 32.4 Å². The second-order valence-corrected chi connectivity index (χ2v) is 8.51. The highest BCUT2D eigenvalue weighted by Gasteiger charge is 2.22. The number of ether oxygens (including phenoxy) is 3. The molecule has 2 aromatic carbocycles. The summed E-state index contributed by atoms with van der Waals surface area (Å²) in [4.78, 5) is 12.2. The minimum absolute atomic E-state index is 0.0318. The van der Waals surface area contributed by atoms with Crippen LogP contribution in [0.3, 0.4) is 0 Å². The number of sulfone groups is 1. The molecule has 0 atom stereocenters. The van der Waals surface area contributed by atoms with Gasteiger partial charge in [0.2, 0.25) is 17.5 Å². The van der Waals surface area contributed by atoms with E-state index in [1.54, 1.807) is 12.1 Å². The largest absolute Gasteiger partial charge is 0.493 e. The summed E-state index contributed by atoms with van der Waals surface area (Å²) in [6.07, 6.45) is 0. The quantitative estimate of drug-likeness (QED) is 0.531. The van der Waals surface area contributed by atoms with Gasteiger partial charge in [-0.25, -0.2) is 8.42 Å². The molecule has 31 heavy (non-hydrogen) atoms. The standard InChI is InChI=1S/C19H18ClN3O7S/c1-27-14-8-11(9-15(28-2)17(14)29-3)18-22-23-19(30-18)21-16(24)10-31(25,26)13-6-4-12(20)5-7-13/h4-9H,10H2,1-3H3,(H,21,23,24). The Bertz CT molecular complexity index is 1170. The fraction of sp³-hybridized carbons (Fsp3) is 0.211. The molecule has 0 aliphatic rings. The van der Waals surface area contributed by atoms with Gasteiger partial charge in [0.05, 0.1) is 26.2 Å². The maximum Gasteiger partial charge on any atom is 0.322 e. The van der Waals surface area contributed by atoms with E-state index in [1.165, 1.54) is 45.6 Å². The Morgan fingerprint density at radius 2 is 1.65 bits per heavy atom. The van der Waals surface area contributed by atoms with Crippen molar-refractivity contribution in [3.05, 3.63) is 41.4 Å². The van der Waals surface area contributed by atoms with Crippen LogP contribution in [0.2, 0.25) is 5.02 Å². The summed E-state index contributed by atoms with van der Waals surface area (Å²) in [6, 6.07) is 8.40. The van der Waals surface area contributed by atoms with Gasteiger partial charge in [-0.15, -0.1) is 5.10 Å². The number of amides is 1. The second-order valence-electron chi connectivity index (χ2n) is 6.09. The number of carbonyl (C=O) groups is 1. The molecule has 0 fully saturated rings. The van der Waals surface area contributed by atoms with Gasteiger partial charge in [-0.05, 0) is 36.4 Å². The van der Waals surface area contributed by atoms with Gasteiger partial charge >= 0.3 is 6.01 Å². The Morgan fingerprint density at radius 1 is 1.03 bits per heavy atom. The van der Waals surface area contributed by atoms with Gasteiger partial charge < -0.3 is 18.6 Å². The predicted molar refractivity (Wildman–Crippen MR) is 112 cm³/mol. The number of hydrogen-bond acceptors (Lipinski definition) is 9. The number of nitrogens with zero attached hydrogens (tertiary/aromatic N) is 2. The topological polar surface area (TPSA) is 130 Å². The summed E-state index contributed by atoms with van der Waals surface area (Å²) < 4.78 is 46.0. The summed E-state index contributed by atoms with van der Waals surface area (Å²) >= 11 is 5.76. The van der Waals surface area contributed by atoms with Crippen LogP contribution in [-0.2, 0) is 14.6 Å². The van der Waals surface area contributed by atoms with Crippen molar-refractivity contribution in [3.63, 3.8) is 0 Å². The lowest BCUT2D eigenvalue weighted by Crippen LogP contribution is -2.23. The number of halogens is 1. The number of carbonyl (C=O) groups excluding carboxylic acids is 1. The summed E-state index contributed by atoms with van der Waals surface area (Å²) in [7, 11) is 0.516. The summed E-state index contributed by atoms with van der Waals surface area (Å²) in [5.74, 6) is -0.472. The van der Waals surface area contributed by atoms with Gasteiger partial charge in [-0.1, -0.05) is 16.7 Å². The molecule has 1 aromatic heterocycles. The molecule has 0 saturated heterocycles. The molecule has 1 N–H and O–H groups in total. The molecule has 12 heteroatoms. The molecular formula is C19H18ClN3O7S. The third-order valence-corrected chi connectivity index (χ3v) is 5.96. The van der Waals surface area contributed by atoms with E-state index in [-0.39, 0.29) is 16.8 Å². The highest BCUT2D eigenvalue weighted by molar-refractivity contribution is 7.92. The predicted octanol–water partition coefficient (Wildman–Crippen LogP) is 2.83. The zero-order valence-electron chi connectivity index (χ0n) is 16.7. The smallest absolute Gasteiger partial charge is 0.322 e. The molecule has 0 spiro atoms. The minimum atomic E-state index is -3.87. The first kappa shape index (κ1) is 22.4. The number of rotatable bonds is 8. The molecule has 3 rings (SSSR count). The van der Waals surface area contributed by atoms with Crippen molar-refractivity contribution in [2.45, 2.75) is 4.90 Å². The van der Waals surface area contributed by atoms with E-state index in [0.29, 0.717) is 27.8 Å². The van der Waals surface area contributed by atoms with Crippen LogP contribution in [0.4, 0.5) is 6.01 Å². The molecule has 0 aliphatic heterocycles. The first-order chi connectivity index (χ1) is 14.8. The van der Waals surface area contributed by atoms with Crippen LogP contribution in [0.25, 0.3) is 11.5 Å². The van der Waals surface area contributed by atoms with Gasteiger partial charge in [0, 0.05) is 10.6 Å². The average molecular weight is 468 g/mol. The highest BCUT2D eigenvalue weighted by atomic mass is 35.5. The molecule has 0 radical (unpaired) electrons. The third-order valence-electron chi connectivity index (χ3n) is 4.08. The lowest BCUT2D eigenvalue weighted by atomic mass is 10.2. The van der Waals surface area contributed by atoms with Gasteiger partial charge in [0.1, 0.15) is 5.75 Å². The molecule has 1 heterocycles. The van der Waals surface area contributed by atoms with Crippen molar-refractivity contribution in [2.24, 2.45) is 0 Å². The molecule has 0 bridgehead atoms. The second kappa shape index (κ2) is 9.23. The van der Waals surface area contributed by atoms with E-state index in [2.05, 4.69) is 15.5 Å². The summed E-state index contributed by atoms with van der Waals surface area (Å²) in [5.41, 5.74) is 0.441. The normalized spacial score (nSPS) is 11.1. The van der Waals surface area contributed by atoms with E-state index in [9.17, 15) is 13.2 Å². The fourth-order valence-electron chi connectivity index (χ4n) is 2.65. The Hall–Kier alpha value is -3.31.